The lowest BCUT2D eigenvalue weighted by atomic mass is 10.1. The van der Waals surface area contributed by atoms with Crippen LogP contribution in [-0.2, 0) is 6.61 Å². The first-order valence-electron chi connectivity index (χ1n) is 9.31. The van der Waals surface area contributed by atoms with Crippen molar-refractivity contribution in [2.45, 2.75) is 13.5 Å². The molecule has 1 heterocycles. The van der Waals surface area contributed by atoms with Crippen LogP contribution in [0.15, 0.2) is 72.5 Å². The highest BCUT2D eigenvalue weighted by Gasteiger charge is 2.27. The molecule has 0 unspecified atom stereocenters. The van der Waals surface area contributed by atoms with Crippen LogP contribution in [0.1, 0.15) is 28.4 Å². The summed E-state index contributed by atoms with van der Waals surface area (Å²) < 4.78 is 29.9. The van der Waals surface area contributed by atoms with E-state index in [1.807, 2.05) is 31.2 Å². The molecule has 0 atom stereocenters. The molecule has 0 saturated carbocycles. The Morgan fingerprint density at radius 1 is 0.931 bits per heavy atom. The van der Waals surface area contributed by atoms with Crippen molar-refractivity contribution in [3.63, 3.8) is 0 Å². The average molecular weight is 390 g/mol. The standard InChI is InChI=1S/C24H19FO4/c1-2-27-19-9-5-16(6-10-19)13-23-24(26)21-12-11-20(14-22(21)29-23)28-15-17-3-7-18(25)8-4-17/h3-14H,2,15H2,1H3/b23-13-. The molecule has 146 valence electrons. The number of carbonyl (C=O) groups is 1. The van der Waals surface area contributed by atoms with Gasteiger partial charge in [0.2, 0.25) is 5.78 Å². The third kappa shape index (κ3) is 4.29. The van der Waals surface area contributed by atoms with Gasteiger partial charge < -0.3 is 14.2 Å². The summed E-state index contributed by atoms with van der Waals surface area (Å²) in [6.07, 6.45) is 1.71. The molecule has 1 aliphatic rings. The zero-order valence-corrected chi connectivity index (χ0v) is 15.9. The van der Waals surface area contributed by atoms with E-state index in [1.165, 1.54) is 12.1 Å². The normalized spacial score (nSPS) is 13.9. The number of carbonyl (C=O) groups excluding carboxylic acids is 1. The number of fused-ring (bicyclic) bond motifs is 1. The Bertz CT molecular complexity index is 1050. The fourth-order valence-corrected chi connectivity index (χ4v) is 2.98. The molecule has 0 N–H and O–H groups in total. The summed E-state index contributed by atoms with van der Waals surface area (Å²) in [5, 5.41) is 0. The van der Waals surface area contributed by atoms with E-state index < -0.39 is 0 Å². The minimum atomic E-state index is -0.287. The van der Waals surface area contributed by atoms with E-state index in [9.17, 15) is 9.18 Å². The van der Waals surface area contributed by atoms with Crippen LogP contribution in [0.2, 0.25) is 0 Å². The van der Waals surface area contributed by atoms with E-state index in [1.54, 1.807) is 36.4 Å². The van der Waals surface area contributed by atoms with E-state index in [-0.39, 0.29) is 17.4 Å². The maximum absolute atomic E-state index is 13.0. The molecule has 4 rings (SSSR count). The number of hydrogen-bond donors (Lipinski definition) is 0. The van der Waals surface area contributed by atoms with Crippen LogP contribution >= 0.6 is 0 Å². The summed E-state index contributed by atoms with van der Waals surface area (Å²) >= 11 is 0. The highest BCUT2D eigenvalue weighted by atomic mass is 19.1. The van der Waals surface area contributed by atoms with E-state index in [2.05, 4.69) is 0 Å². The summed E-state index contributed by atoms with van der Waals surface area (Å²) in [5.74, 6) is 1.62. The van der Waals surface area contributed by atoms with Crippen molar-refractivity contribution in [1.29, 1.82) is 0 Å². The van der Waals surface area contributed by atoms with E-state index in [0.717, 1.165) is 16.9 Å². The SMILES string of the molecule is CCOc1ccc(/C=C2\Oc3cc(OCc4ccc(F)cc4)ccc3C2=O)cc1. The van der Waals surface area contributed by atoms with Crippen LogP contribution in [0.5, 0.6) is 17.2 Å². The van der Waals surface area contributed by atoms with Gasteiger partial charge >= 0.3 is 0 Å². The molecule has 29 heavy (non-hydrogen) atoms. The molecule has 5 heteroatoms. The first-order chi connectivity index (χ1) is 14.1. The van der Waals surface area contributed by atoms with Crippen molar-refractivity contribution in [2.24, 2.45) is 0 Å². The topological polar surface area (TPSA) is 44.8 Å². The van der Waals surface area contributed by atoms with Crippen LogP contribution in [-0.4, -0.2) is 12.4 Å². The Hall–Kier alpha value is -3.60. The molecular formula is C24H19FO4. The Balaban J connectivity index is 1.47. The van der Waals surface area contributed by atoms with Gasteiger partial charge in [-0.3, -0.25) is 4.79 Å². The van der Waals surface area contributed by atoms with Crippen molar-refractivity contribution in [3.05, 3.63) is 95.0 Å². The molecule has 0 amide bonds. The molecule has 3 aromatic rings. The molecule has 3 aromatic carbocycles. The molecular weight excluding hydrogens is 371 g/mol. The first kappa shape index (κ1) is 18.7. The van der Waals surface area contributed by atoms with Crippen LogP contribution in [0, 0.1) is 5.82 Å². The Morgan fingerprint density at radius 3 is 2.38 bits per heavy atom. The van der Waals surface area contributed by atoms with Crippen molar-refractivity contribution in [2.75, 3.05) is 6.61 Å². The number of hydrogen-bond acceptors (Lipinski definition) is 4. The minimum Gasteiger partial charge on any atom is -0.494 e. The van der Waals surface area contributed by atoms with Gasteiger partial charge in [-0.15, -0.1) is 0 Å². The molecule has 0 fully saturated rings. The van der Waals surface area contributed by atoms with E-state index in [0.29, 0.717) is 30.3 Å². The highest BCUT2D eigenvalue weighted by molar-refractivity contribution is 6.14. The molecule has 1 aliphatic heterocycles. The smallest absolute Gasteiger partial charge is 0.231 e. The molecule has 0 radical (unpaired) electrons. The van der Waals surface area contributed by atoms with Crippen molar-refractivity contribution in [1.82, 2.24) is 0 Å². The highest BCUT2D eigenvalue weighted by Crippen LogP contribution is 2.35. The Morgan fingerprint density at radius 2 is 1.66 bits per heavy atom. The zero-order chi connectivity index (χ0) is 20.2. The molecule has 0 saturated heterocycles. The summed E-state index contributed by atoms with van der Waals surface area (Å²) in [6.45, 7) is 2.82. The van der Waals surface area contributed by atoms with Crippen molar-refractivity contribution >= 4 is 11.9 Å². The molecule has 0 aliphatic carbocycles. The van der Waals surface area contributed by atoms with Gasteiger partial charge in [-0.1, -0.05) is 24.3 Å². The monoisotopic (exact) mass is 390 g/mol. The van der Waals surface area contributed by atoms with Gasteiger partial charge in [0.1, 0.15) is 29.7 Å². The number of ketones is 1. The number of benzene rings is 3. The maximum Gasteiger partial charge on any atom is 0.231 e. The first-order valence-corrected chi connectivity index (χ1v) is 9.31. The lowest BCUT2D eigenvalue weighted by Crippen LogP contribution is -1.98. The quantitative estimate of drug-likeness (QED) is 0.527. The molecule has 0 spiro atoms. The second-order valence-electron chi connectivity index (χ2n) is 6.51. The van der Waals surface area contributed by atoms with Crippen molar-refractivity contribution in [3.8, 4) is 17.2 Å². The fourth-order valence-electron chi connectivity index (χ4n) is 2.98. The summed E-state index contributed by atoms with van der Waals surface area (Å²) in [4.78, 5) is 12.6. The van der Waals surface area contributed by atoms with Gasteiger partial charge in [0, 0.05) is 6.07 Å². The molecule has 0 aromatic heterocycles. The third-order valence-electron chi connectivity index (χ3n) is 4.45. The lowest BCUT2D eigenvalue weighted by Gasteiger charge is -2.07. The Kier molecular flexibility index (Phi) is 5.29. The molecule has 4 nitrogen and oxygen atoms in total. The number of ether oxygens (including phenoxy) is 3. The second kappa shape index (κ2) is 8.19. The Labute approximate surface area is 168 Å². The number of allylic oxidation sites excluding steroid dienone is 1. The van der Waals surface area contributed by atoms with Gasteiger partial charge in [0.25, 0.3) is 0 Å². The van der Waals surface area contributed by atoms with Gasteiger partial charge in [0.05, 0.1) is 12.2 Å². The minimum absolute atomic E-state index is 0.168. The van der Waals surface area contributed by atoms with Gasteiger partial charge in [-0.25, -0.2) is 4.39 Å². The number of halogens is 1. The average Bonchev–Trinajstić information content (AvgIpc) is 3.04. The van der Waals surface area contributed by atoms with Crippen LogP contribution in [0.25, 0.3) is 6.08 Å². The summed E-state index contributed by atoms with van der Waals surface area (Å²) in [6, 6.07) is 18.7. The lowest BCUT2D eigenvalue weighted by molar-refractivity contribution is 0.101. The zero-order valence-electron chi connectivity index (χ0n) is 15.9. The maximum atomic E-state index is 13.0. The number of Topliss-reactive ketones (excluding diaryl/α,β-unsaturated/α-hetero) is 1. The van der Waals surface area contributed by atoms with Gasteiger partial charge in [-0.2, -0.15) is 0 Å². The van der Waals surface area contributed by atoms with Crippen molar-refractivity contribution < 1.29 is 23.4 Å². The van der Waals surface area contributed by atoms with Crippen LogP contribution in [0.4, 0.5) is 4.39 Å². The number of rotatable bonds is 6. The molecule has 0 bridgehead atoms. The van der Waals surface area contributed by atoms with E-state index in [4.69, 9.17) is 14.2 Å². The predicted octanol–water partition coefficient (Wildman–Crippen LogP) is 5.42. The summed E-state index contributed by atoms with van der Waals surface area (Å²) in [7, 11) is 0. The third-order valence-corrected chi connectivity index (χ3v) is 4.45. The van der Waals surface area contributed by atoms with E-state index >= 15 is 0 Å². The predicted molar refractivity (Wildman–Crippen MR) is 108 cm³/mol. The van der Waals surface area contributed by atoms with Gasteiger partial charge in [0.15, 0.2) is 5.76 Å². The second-order valence-corrected chi connectivity index (χ2v) is 6.51. The van der Waals surface area contributed by atoms with Crippen LogP contribution < -0.4 is 14.2 Å². The fraction of sp³-hybridized carbons (Fsp3) is 0.125. The van der Waals surface area contributed by atoms with Crippen LogP contribution in [0.3, 0.4) is 0 Å². The van der Waals surface area contributed by atoms with Gasteiger partial charge in [-0.05, 0) is 60.5 Å². The summed E-state index contributed by atoms with van der Waals surface area (Å²) in [5.41, 5.74) is 2.19. The largest absolute Gasteiger partial charge is 0.494 e.